The Kier molecular flexibility index (Phi) is 15.8. The number of para-hydroxylation sites is 2. The van der Waals surface area contributed by atoms with Gasteiger partial charge in [-0.15, -0.1) is 0 Å². The molecule has 11 heteroatoms. The molecule has 0 aliphatic rings. The van der Waals surface area contributed by atoms with Gasteiger partial charge in [0.25, 0.3) is 0 Å². The predicted molar refractivity (Wildman–Crippen MR) is 212 cm³/mol. The van der Waals surface area contributed by atoms with E-state index in [1.165, 1.54) is 0 Å². The number of carbonyl (C=O) groups excluding carboxylic acids is 2. The Morgan fingerprint density at radius 3 is 1.20 bits per heavy atom. The van der Waals surface area contributed by atoms with Crippen LogP contribution < -0.4 is 9.47 Å². The van der Waals surface area contributed by atoms with E-state index in [4.69, 9.17) is 36.0 Å². The van der Waals surface area contributed by atoms with E-state index in [9.17, 15) is 19.8 Å². The molecule has 2 N–H and O–H groups in total. The van der Waals surface area contributed by atoms with Gasteiger partial charge >= 0.3 is 49.8 Å². The first-order chi connectivity index (χ1) is 26.1. The van der Waals surface area contributed by atoms with E-state index >= 15 is 0 Å². The van der Waals surface area contributed by atoms with Crippen molar-refractivity contribution in [2.24, 2.45) is 0 Å². The van der Waals surface area contributed by atoms with Gasteiger partial charge in [0.1, 0.15) is 49.1 Å². The second-order valence-electron chi connectivity index (χ2n) is 14.8. The fourth-order valence-electron chi connectivity index (χ4n) is 5.39. The average Bonchev–Trinajstić information content (AvgIpc) is 3.15. The number of esters is 2. The molecule has 0 amide bonds. The summed E-state index contributed by atoms with van der Waals surface area (Å²) in [7, 11) is 9.87. The van der Waals surface area contributed by atoms with Crippen molar-refractivity contribution in [3.63, 3.8) is 0 Å². The molecule has 0 aliphatic heterocycles. The first kappa shape index (κ1) is 43.4. The van der Waals surface area contributed by atoms with Gasteiger partial charge in [-0.3, -0.25) is 0 Å². The molecular weight excluding hydrogens is 819 g/mol. The second kappa shape index (κ2) is 20.0. The quantitative estimate of drug-likeness (QED) is 0.119. The normalized spacial score (nSPS) is 11.1. The summed E-state index contributed by atoms with van der Waals surface area (Å²) in [6.07, 6.45) is 0. The van der Waals surface area contributed by atoms with Crippen LogP contribution in [0, 0.1) is 0 Å². The molecule has 0 spiro atoms. The maximum absolute atomic E-state index is 13.2. The summed E-state index contributed by atoms with van der Waals surface area (Å²) in [4.78, 5) is 26.4. The van der Waals surface area contributed by atoms with Crippen LogP contribution in [0.2, 0.25) is 0 Å². The average molecular weight is 865 g/mol. The Bertz CT molecular complexity index is 1900. The van der Waals surface area contributed by atoms with E-state index < -0.39 is 32.8 Å². The van der Waals surface area contributed by atoms with E-state index in [0.29, 0.717) is 22.6 Å². The van der Waals surface area contributed by atoms with Crippen molar-refractivity contribution in [1.29, 1.82) is 0 Å². The van der Waals surface area contributed by atoms with Gasteiger partial charge in [0, 0.05) is 11.1 Å². The number of phenols is 2. The summed E-state index contributed by atoms with van der Waals surface area (Å²) in [6.45, 7) is 12.1. The Morgan fingerprint density at radius 1 is 0.545 bits per heavy atom. The topological polar surface area (TPSA) is 112 Å². The number of carbonyl (C=O) groups is 2. The summed E-state index contributed by atoms with van der Waals surface area (Å²) in [5.74, 6) is -0.966. The number of hydrogen-bond donors (Lipinski definition) is 2. The molecule has 0 aliphatic carbocycles. The molecule has 5 aromatic rings. The zero-order valence-electron chi connectivity index (χ0n) is 31.8. The molecule has 5 rings (SSSR count). The van der Waals surface area contributed by atoms with Crippen molar-refractivity contribution >= 4 is 29.0 Å². The molecule has 0 radical (unpaired) electrons. The van der Waals surface area contributed by atoms with Gasteiger partial charge in [0.05, 0.1) is 0 Å². The van der Waals surface area contributed by atoms with Crippen LogP contribution in [0.15, 0.2) is 109 Å². The van der Waals surface area contributed by atoms with Gasteiger partial charge in [-0.05, 0) is 69.5 Å². The van der Waals surface area contributed by atoms with Crippen LogP contribution in [0.25, 0.3) is 0 Å². The third-order valence-electron chi connectivity index (χ3n) is 8.59. The third-order valence-corrected chi connectivity index (χ3v) is 8.59. The van der Waals surface area contributed by atoms with Crippen molar-refractivity contribution in [2.45, 2.75) is 78.8 Å². The first-order valence-electron chi connectivity index (χ1n) is 17.6. The number of phenolic OH excluding ortho intramolecular Hbond substituents is 2. The number of halogens is 2. The molecule has 0 unspecified atom stereocenters. The number of rotatable bonds is 12. The molecule has 288 valence electrons. The van der Waals surface area contributed by atoms with Crippen molar-refractivity contribution < 1.29 is 59.6 Å². The molecule has 5 aromatic carbocycles. The SMILES string of the molecule is CC(C)(C)c1cc(COc2ccccc2OCc2cc(C(C)(C)C)cc(C(=O)OCc3ccccc3)c2O)c(O)c(C(=O)OCc2ccccc2)c1.[Cl][Zr][Cl]. The number of hydrogen-bond acceptors (Lipinski definition) is 8. The van der Waals surface area contributed by atoms with Crippen molar-refractivity contribution in [2.75, 3.05) is 0 Å². The molecule has 8 nitrogen and oxygen atoms in total. The summed E-state index contributed by atoms with van der Waals surface area (Å²) in [5.41, 5.74) is 3.56. The Hall–Kier alpha value is -4.30. The van der Waals surface area contributed by atoms with E-state index in [1.807, 2.05) is 114 Å². The van der Waals surface area contributed by atoms with E-state index in [-0.39, 0.29) is 59.9 Å². The Morgan fingerprint density at radius 2 is 0.873 bits per heavy atom. The van der Waals surface area contributed by atoms with Gasteiger partial charge in [0.15, 0.2) is 11.5 Å². The van der Waals surface area contributed by atoms with Gasteiger partial charge in [0.2, 0.25) is 0 Å². The molecule has 0 saturated carbocycles. The van der Waals surface area contributed by atoms with E-state index in [2.05, 4.69) is 0 Å². The third kappa shape index (κ3) is 12.6. The Balaban J connectivity index is 0.00000217. The minimum absolute atomic E-state index is 0.0544. The van der Waals surface area contributed by atoms with Gasteiger partial charge in [-0.2, -0.15) is 0 Å². The van der Waals surface area contributed by atoms with Crippen molar-refractivity contribution in [3.05, 3.63) is 154 Å². The van der Waals surface area contributed by atoms with Crippen molar-refractivity contribution in [1.82, 2.24) is 0 Å². The van der Waals surface area contributed by atoms with Crippen LogP contribution in [0.4, 0.5) is 0 Å². The van der Waals surface area contributed by atoms with Crippen LogP contribution in [0.1, 0.15) is 95.6 Å². The molecule has 0 fully saturated rings. The van der Waals surface area contributed by atoms with Crippen LogP contribution in [-0.4, -0.2) is 22.2 Å². The standard InChI is InChI=1S/C44H46O8.2ClH.Zr/c1-43(2,3)33-21-31(39(45)35(23-33)41(47)51-25-29-15-9-7-10-16-29)27-49-37-19-13-14-20-38(37)50-28-32-22-34(44(4,5)6)24-36(40(32)46)42(48)52-26-30-17-11-8-12-18-30;;;/h7-24,45-46H,25-28H2,1-6H3;2*1H;/q;;;+2/p-2. The molecule has 55 heavy (non-hydrogen) atoms. The number of ether oxygens (including phenoxy) is 4. The van der Waals surface area contributed by atoms with Crippen molar-refractivity contribution in [3.8, 4) is 23.0 Å². The summed E-state index contributed by atoms with van der Waals surface area (Å²) in [6, 6.07) is 32.7. The van der Waals surface area contributed by atoms with Crippen LogP contribution in [0.5, 0.6) is 23.0 Å². The molecule has 0 saturated heterocycles. The zero-order chi connectivity index (χ0) is 40.2. The predicted octanol–water partition coefficient (Wildman–Crippen LogP) is 10.9. The fraction of sp³-hybridized carbons (Fsp3) is 0.273. The second-order valence-corrected chi connectivity index (χ2v) is 18.5. The Labute approximate surface area is 342 Å². The number of aromatic hydroxyl groups is 2. The van der Waals surface area contributed by atoms with E-state index in [1.54, 1.807) is 36.4 Å². The van der Waals surface area contributed by atoms with Gasteiger partial charge in [-0.1, -0.05) is 114 Å². The summed E-state index contributed by atoms with van der Waals surface area (Å²) < 4.78 is 23.5. The van der Waals surface area contributed by atoms with Gasteiger partial charge in [-0.25, -0.2) is 9.59 Å². The summed E-state index contributed by atoms with van der Waals surface area (Å²) >= 11 is -0.826. The van der Waals surface area contributed by atoms with Gasteiger partial charge < -0.3 is 29.2 Å². The molecule has 0 bridgehead atoms. The van der Waals surface area contributed by atoms with E-state index in [0.717, 1.165) is 22.3 Å². The number of benzene rings is 5. The first-order valence-corrected chi connectivity index (χ1v) is 23.9. The summed E-state index contributed by atoms with van der Waals surface area (Å²) in [5, 5.41) is 22.5. The maximum atomic E-state index is 13.2. The molecule has 0 heterocycles. The monoisotopic (exact) mass is 862 g/mol. The minimum atomic E-state index is -0.826. The molecule has 0 aromatic heterocycles. The van der Waals surface area contributed by atoms with Crippen LogP contribution >= 0.6 is 17.0 Å². The molecular formula is C44H46Cl2O8Zr. The molecule has 0 atom stereocenters. The van der Waals surface area contributed by atoms with Crippen LogP contribution in [-0.2, 0) is 67.6 Å². The fourth-order valence-corrected chi connectivity index (χ4v) is 5.39. The van der Waals surface area contributed by atoms with Crippen LogP contribution in [0.3, 0.4) is 0 Å². The zero-order valence-corrected chi connectivity index (χ0v) is 35.8.